The van der Waals surface area contributed by atoms with Crippen molar-refractivity contribution in [3.05, 3.63) is 53.1 Å². The highest BCUT2D eigenvalue weighted by molar-refractivity contribution is 6.05. The lowest BCUT2D eigenvalue weighted by Gasteiger charge is -2.39. The van der Waals surface area contributed by atoms with Crippen molar-refractivity contribution in [3.63, 3.8) is 0 Å². The van der Waals surface area contributed by atoms with E-state index in [1.807, 2.05) is 4.90 Å². The first-order valence-electron chi connectivity index (χ1n) is 11.0. The van der Waals surface area contributed by atoms with E-state index < -0.39 is 6.10 Å². The van der Waals surface area contributed by atoms with Crippen molar-refractivity contribution in [1.29, 1.82) is 0 Å². The van der Waals surface area contributed by atoms with Crippen molar-refractivity contribution >= 4 is 29.0 Å². The summed E-state index contributed by atoms with van der Waals surface area (Å²) in [6, 6.07) is 11.3. The van der Waals surface area contributed by atoms with Gasteiger partial charge in [-0.15, -0.1) is 0 Å². The number of rotatable bonds is 4. The highest BCUT2D eigenvalue weighted by Gasteiger charge is 2.34. The summed E-state index contributed by atoms with van der Waals surface area (Å²) in [7, 11) is 0. The Labute approximate surface area is 188 Å². The largest absolute Gasteiger partial charge is 0.479 e. The third-order valence-electron chi connectivity index (χ3n) is 6.42. The van der Waals surface area contributed by atoms with E-state index in [0.29, 0.717) is 30.1 Å². The molecule has 7 nitrogen and oxygen atoms in total. The standard InChI is InChI=1S/C25H29N3O4/c1-16-6-5-7-21(17(16)2)26-10-12-27(13-11-26)24(30)15-28-22-14-20(18(3)29)8-9-23(22)32-19(4)25(28)31/h5-9,14,19H,10-13,15H2,1-4H3. The molecule has 0 spiro atoms. The number of hydrogen-bond donors (Lipinski definition) is 0. The molecule has 0 aliphatic carbocycles. The van der Waals surface area contributed by atoms with E-state index >= 15 is 0 Å². The molecule has 168 valence electrons. The monoisotopic (exact) mass is 435 g/mol. The Bertz CT molecular complexity index is 1070. The fraction of sp³-hybridized carbons (Fsp3) is 0.400. The van der Waals surface area contributed by atoms with Crippen molar-refractivity contribution in [2.24, 2.45) is 0 Å². The van der Waals surface area contributed by atoms with Gasteiger partial charge < -0.3 is 14.5 Å². The third kappa shape index (κ3) is 4.07. The first-order valence-corrected chi connectivity index (χ1v) is 11.0. The lowest BCUT2D eigenvalue weighted by Crippen LogP contribution is -2.54. The summed E-state index contributed by atoms with van der Waals surface area (Å²) in [5, 5.41) is 0. The SMILES string of the molecule is CC(=O)c1ccc2c(c1)N(CC(=O)N1CCN(c3cccc(C)c3C)CC1)C(=O)C(C)O2. The molecular formula is C25H29N3O4. The van der Waals surface area contributed by atoms with E-state index in [9.17, 15) is 14.4 Å². The molecule has 1 fully saturated rings. The van der Waals surface area contributed by atoms with Gasteiger partial charge in [-0.1, -0.05) is 12.1 Å². The maximum Gasteiger partial charge on any atom is 0.268 e. The quantitative estimate of drug-likeness (QED) is 0.691. The summed E-state index contributed by atoms with van der Waals surface area (Å²) in [6.45, 7) is 9.99. The molecule has 0 radical (unpaired) electrons. The minimum Gasteiger partial charge on any atom is -0.479 e. The van der Waals surface area contributed by atoms with E-state index in [4.69, 9.17) is 4.74 Å². The molecule has 2 heterocycles. The van der Waals surface area contributed by atoms with Gasteiger partial charge in [-0.25, -0.2) is 0 Å². The summed E-state index contributed by atoms with van der Waals surface area (Å²) < 4.78 is 5.69. The number of hydrogen-bond acceptors (Lipinski definition) is 5. The van der Waals surface area contributed by atoms with Crippen molar-refractivity contribution in [1.82, 2.24) is 4.90 Å². The molecule has 2 amide bonds. The van der Waals surface area contributed by atoms with Crippen LogP contribution in [-0.2, 0) is 9.59 Å². The topological polar surface area (TPSA) is 70.2 Å². The van der Waals surface area contributed by atoms with Gasteiger partial charge in [0.15, 0.2) is 11.9 Å². The van der Waals surface area contributed by atoms with Crippen molar-refractivity contribution in [3.8, 4) is 5.75 Å². The highest BCUT2D eigenvalue weighted by atomic mass is 16.5. The normalized spacial score (nSPS) is 18.3. The number of amides is 2. The molecule has 2 aromatic rings. The molecule has 7 heteroatoms. The molecule has 0 bridgehead atoms. The van der Waals surface area contributed by atoms with Crippen LogP contribution in [0.15, 0.2) is 36.4 Å². The van der Waals surface area contributed by atoms with E-state index in [-0.39, 0.29) is 24.1 Å². The zero-order valence-electron chi connectivity index (χ0n) is 19.1. The first kappa shape index (κ1) is 21.9. The molecule has 0 aromatic heterocycles. The lowest BCUT2D eigenvalue weighted by atomic mass is 10.1. The van der Waals surface area contributed by atoms with Gasteiger partial charge in [0, 0.05) is 37.4 Å². The number of ether oxygens (including phenoxy) is 1. The van der Waals surface area contributed by atoms with Crippen molar-refractivity contribution in [2.45, 2.75) is 33.8 Å². The number of ketones is 1. The number of aryl methyl sites for hydroxylation is 1. The molecule has 1 atom stereocenters. The van der Waals surface area contributed by atoms with Crippen LogP contribution in [0.4, 0.5) is 11.4 Å². The molecule has 2 aliphatic rings. The number of carbonyl (C=O) groups excluding carboxylic acids is 3. The maximum absolute atomic E-state index is 13.1. The van der Waals surface area contributed by atoms with Crippen LogP contribution >= 0.6 is 0 Å². The van der Waals surface area contributed by atoms with E-state index in [1.165, 1.54) is 28.6 Å². The predicted molar refractivity (Wildman–Crippen MR) is 124 cm³/mol. The van der Waals surface area contributed by atoms with Crippen molar-refractivity contribution < 1.29 is 19.1 Å². The Morgan fingerprint density at radius 1 is 1.03 bits per heavy atom. The van der Waals surface area contributed by atoms with Gasteiger partial charge in [0.05, 0.1) is 5.69 Å². The molecule has 0 N–H and O–H groups in total. The van der Waals surface area contributed by atoms with Crippen LogP contribution < -0.4 is 14.5 Å². The number of benzene rings is 2. The summed E-state index contributed by atoms with van der Waals surface area (Å²) in [6.07, 6.45) is -0.681. The summed E-state index contributed by atoms with van der Waals surface area (Å²) in [5.41, 5.74) is 4.68. The van der Waals surface area contributed by atoms with Gasteiger partial charge >= 0.3 is 0 Å². The molecule has 32 heavy (non-hydrogen) atoms. The van der Waals surface area contributed by atoms with Gasteiger partial charge in [-0.2, -0.15) is 0 Å². The number of anilines is 2. The minimum atomic E-state index is -0.681. The summed E-state index contributed by atoms with van der Waals surface area (Å²) in [4.78, 5) is 43.3. The van der Waals surface area contributed by atoms with E-state index in [2.05, 4.69) is 36.9 Å². The zero-order valence-corrected chi connectivity index (χ0v) is 19.1. The van der Waals surface area contributed by atoms with Gasteiger partial charge in [-0.3, -0.25) is 19.3 Å². The van der Waals surface area contributed by atoms with Crippen LogP contribution in [0.1, 0.15) is 35.3 Å². The summed E-state index contributed by atoms with van der Waals surface area (Å²) >= 11 is 0. The average Bonchev–Trinajstić information content (AvgIpc) is 2.78. The van der Waals surface area contributed by atoms with Gasteiger partial charge in [0.25, 0.3) is 5.91 Å². The molecule has 1 unspecified atom stereocenters. The fourth-order valence-corrected chi connectivity index (χ4v) is 4.30. The minimum absolute atomic E-state index is 0.0651. The van der Waals surface area contributed by atoms with E-state index in [1.54, 1.807) is 25.1 Å². The molecule has 1 saturated heterocycles. The molecule has 4 rings (SSSR count). The summed E-state index contributed by atoms with van der Waals surface area (Å²) in [5.74, 6) is 0.0233. The Morgan fingerprint density at radius 2 is 1.75 bits per heavy atom. The average molecular weight is 436 g/mol. The molecule has 2 aliphatic heterocycles. The number of carbonyl (C=O) groups is 3. The van der Waals surface area contributed by atoms with Crippen LogP contribution in [0.2, 0.25) is 0 Å². The van der Waals surface area contributed by atoms with Crippen LogP contribution in [0.25, 0.3) is 0 Å². The molecular weight excluding hydrogens is 406 g/mol. The second-order valence-corrected chi connectivity index (χ2v) is 8.51. The van der Waals surface area contributed by atoms with Crippen LogP contribution in [-0.4, -0.2) is 61.3 Å². The Balaban J connectivity index is 1.47. The Morgan fingerprint density at radius 3 is 2.44 bits per heavy atom. The smallest absolute Gasteiger partial charge is 0.268 e. The number of Topliss-reactive ketones (excluding diaryl/α,β-unsaturated/α-hetero) is 1. The van der Waals surface area contributed by atoms with Crippen LogP contribution in [0.5, 0.6) is 5.75 Å². The van der Waals surface area contributed by atoms with E-state index in [0.717, 1.165) is 13.1 Å². The number of fused-ring (bicyclic) bond motifs is 1. The third-order valence-corrected chi connectivity index (χ3v) is 6.42. The Kier molecular flexibility index (Phi) is 5.91. The molecule has 0 saturated carbocycles. The lowest BCUT2D eigenvalue weighted by molar-refractivity contribution is -0.133. The van der Waals surface area contributed by atoms with Gasteiger partial charge in [-0.05, 0) is 63.1 Å². The Hall–Kier alpha value is -3.35. The van der Waals surface area contributed by atoms with Crippen molar-refractivity contribution in [2.75, 3.05) is 42.5 Å². The number of piperazine rings is 1. The molecule has 2 aromatic carbocycles. The van der Waals surface area contributed by atoms with Crippen LogP contribution in [0.3, 0.4) is 0 Å². The number of nitrogens with zero attached hydrogens (tertiary/aromatic N) is 3. The second-order valence-electron chi connectivity index (χ2n) is 8.51. The van der Waals surface area contributed by atoms with Gasteiger partial charge in [0.2, 0.25) is 5.91 Å². The predicted octanol–water partition coefficient (Wildman–Crippen LogP) is 2.97. The first-order chi connectivity index (χ1) is 15.3. The fourth-order valence-electron chi connectivity index (χ4n) is 4.30. The highest BCUT2D eigenvalue weighted by Crippen LogP contribution is 2.35. The zero-order chi connectivity index (χ0) is 23.0. The maximum atomic E-state index is 13.1. The van der Waals surface area contributed by atoms with Gasteiger partial charge in [0.1, 0.15) is 12.3 Å². The second kappa shape index (κ2) is 8.65. The van der Waals surface area contributed by atoms with Crippen LogP contribution in [0, 0.1) is 13.8 Å².